The van der Waals surface area contributed by atoms with Gasteiger partial charge in [-0.3, -0.25) is 14.5 Å². The molecule has 1 aliphatic heterocycles. The Balaban J connectivity index is 1.31. The summed E-state index contributed by atoms with van der Waals surface area (Å²) in [6.07, 6.45) is 0.692. The van der Waals surface area contributed by atoms with Gasteiger partial charge in [0.1, 0.15) is 11.4 Å². The van der Waals surface area contributed by atoms with E-state index in [4.69, 9.17) is 0 Å². The van der Waals surface area contributed by atoms with E-state index in [1.165, 1.54) is 6.07 Å². The number of alkyl halides is 4. The van der Waals surface area contributed by atoms with Crippen LogP contribution in [0.15, 0.2) is 42.5 Å². The van der Waals surface area contributed by atoms with Crippen molar-refractivity contribution in [1.29, 1.82) is 0 Å². The molecular weight excluding hydrogens is 476 g/mol. The Morgan fingerprint density at radius 2 is 1.72 bits per heavy atom. The Morgan fingerprint density at radius 1 is 1.03 bits per heavy atom. The first-order valence-electron chi connectivity index (χ1n) is 12.3. The van der Waals surface area contributed by atoms with E-state index in [9.17, 15) is 22.8 Å². The van der Waals surface area contributed by atoms with Gasteiger partial charge in [0.15, 0.2) is 5.67 Å². The van der Waals surface area contributed by atoms with Gasteiger partial charge >= 0.3 is 6.18 Å². The number of aromatic nitrogens is 1. The minimum atomic E-state index is -4.64. The molecule has 0 unspecified atom stereocenters. The first-order chi connectivity index (χ1) is 17.1. The number of nitrogens with one attached hydrogen (secondary N) is 2. The summed E-state index contributed by atoms with van der Waals surface area (Å²) in [5.41, 5.74) is -2.06. The van der Waals surface area contributed by atoms with E-state index in [2.05, 4.69) is 15.6 Å². The van der Waals surface area contributed by atoms with Crippen LogP contribution in [0.3, 0.4) is 0 Å². The molecule has 0 radical (unpaired) electrons. The molecule has 10 heteroatoms. The fourth-order valence-electron chi connectivity index (χ4n) is 4.77. The zero-order chi connectivity index (χ0) is 25.8. The van der Waals surface area contributed by atoms with E-state index in [-0.39, 0.29) is 24.6 Å². The summed E-state index contributed by atoms with van der Waals surface area (Å²) < 4.78 is 54.0. The molecule has 36 heavy (non-hydrogen) atoms. The van der Waals surface area contributed by atoms with Gasteiger partial charge in [-0.2, -0.15) is 13.2 Å². The lowest BCUT2D eigenvalue weighted by atomic mass is 9.90. The molecule has 1 aromatic carbocycles. The number of amides is 2. The van der Waals surface area contributed by atoms with Crippen molar-refractivity contribution >= 4 is 17.5 Å². The minimum absolute atomic E-state index is 0.0704. The molecule has 0 bridgehead atoms. The average Bonchev–Trinajstić information content (AvgIpc) is 2.86. The number of benzene rings is 1. The number of likely N-dealkylation sites (tertiary alicyclic amines) is 1. The maximum absolute atomic E-state index is 15.3. The van der Waals surface area contributed by atoms with Crippen LogP contribution in [0.25, 0.3) is 0 Å². The third-order valence-electron chi connectivity index (χ3n) is 6.86. The summed E-state index contributed by atoms with van der Waals surface area (Å²) in [7, 11) is 0. The summed E-state index contributed by atoms with van der Waals surface area (Å²) in [6, 6.07) is 10.2. The van der Waals surface area contributed by atoms with Gasteiger partial charge in [-0.05, 0) is 42.7 Å². The van der Waals surface area contributed by atoms with Crippen LogP contribution in [-0.4, -0.2) is 46.5 Å². The first-order valence-corrected chi connectivity index (χ1v) is 12.3. The third-order valence-corrected chi connectivity index (χ3v) is 6.86. The number of hydrogen-bond donors (Lipinski definition) is 2. The van der Waals surface area contributed by atoms with Crippen LogP contribution >= 0.6 is 0 Å². The predicted molar refractivity (Wildman–Crippen MR) is 127 cm³/mol. The number of anilines is 1. The highest BCUT2D eigenvalue weighted by Gasteiger charge is 2.42. The maximum atomic E-state index is 15.3. The highest BCUT2D eigenvalue weighted by molar-refractivity contribution is 6.02. The summed E-state index contributed by atoms with van der Waals surface area (Å²) >= 11 is 0. The molecule has 1 saturated carbocycles. The topological polar surface area (TPSA) is 74.3 Å². The lowest BCUT2D eigenvalue weighted by Gasteiger charge is -2.36. The molecule has 2 fully saturated rings. The number of rotatable bonds is 6. The molecular formula is C26H30F4N4O2. The van der Waals surface area contributed by atoms with Crippen LogP contribution in [0.2, 0.25) is 0 Å². The highest BCUT2D eigenvalue weighted by Crippen LogP contribution is 2.30. The van der Waals surface area contributed by atoms with Crippen LogP contribution in [-0.2, 0) is 17.5 Å². The van der Waals surface area contributed by atoms with Gasteiger partial charge in [-0.15, -0.1) is 0 Å². The molecule has 4 rings (SSSR count). The van der Waals surface area contributed by atoms with Crippen molar-refractivity contribution in [2.24, 2.45) is 0 Å². The molecule has 0 spiro atoms. The van der Waals surface area contributed by atoms with Crippen LogP contribution in [0.1, 0.15) is 66.7 Å². The first kappa shape index (κ1) is 26.1. The molecule has 2 aromatic rings. The Kier molecular flexibility index (Phi) is 7.92. The van der Waals surface area contributed by atoms with Crippen LogP contribution in [0.4, 0.5) is 23.2 Å². The van der Waals surface area contributed by atoms with E-state index in [0.717, 1.165) is 49.8 Å². The van der Waals surface area contributed by atoms with Crippen molar-refractivity contribution in [3.8, 4) is 0 Å². The molecule has 2 N–H and O–H groups in total. The van der Waals surface area contributed by atoms with Gasteiger partial charge in [0.25, 0.3) is 11.8 Å². The highest BCUT2D eigenvalue weighted by atomic mass is 19.4. The smallest absolute Gasteiger partial charge is 0.351 e. The number of carbonyl (C=O) groups is 2. The quantitative estimate of drug-likeness (QED) is 0.535. The molecule has 1 aliphatic carbocycles. The van der Waals surface area contributed by atoms with E-state index in [1.54, 1.807) is 18.2 Å². The number of hydrogen-bond acceptors (Lipinski definition) is 4. The summed E-state index contributed by atoms with van der Waals surface area (Å²) in [4.78, 5) is 30.5. The van der Waals surface area contributed by atoms with Gasteiger partial charge < -0.3 is 10.6 Å². The van der Waals surface area contributed by atoms with E-state index in [1.807, 2.05) is 11.0 Å². The van der Waals surface area contributed by atoms with Crippen molar-refractivity contribution in [1.82, 2.24) is 15.2 Å². The predicted octanol–water partition coefficient (Wildman–Crippen LogP) is 5.11. The lowest BCUT2D eigenvalue weighted by Crippen LogP contribution is -2.53. The Bertz CT molecular complexity index is 1080. The molecule has 2 aliphatic rings. The lowest BCUT2D eigenvalue weighted by molar-refractivity contribution is -0.141. The minimum Gasteiger partial charge on any atom is -0.351 e. The second-order valence-electron chi connectivity index (χ2n) is 9.61. The molecule has 6 nitrogen and oxygen atoms in total. The number of carbonyl (C=O) groups excluding carboxylic acids is 2. The Hall–Kier alpha value is -3.01. The maximum Gasteiger partial charge on any atom is 0.433 e. The number of nitrogens with zero attached hydrogens (tertiary/aromatic N) is 2. The second kappa shape index (κ2) is 10.9. The Labute approximate surface area is 207 Å². The normalized spacial score (nSPS) is 19.0. The van der Waals surface area contributed by atoms with Gasteiger partial charge in [0.05, 0.1) is 0 Å². The molecule has 2 amide bonds. The molecule has 194 valence electrons. The van der Waals surface area contributed by atoms with Crippen molar-refractivity contribution in [2.45, 2.75) is 69.4 Å². The van der Waals surface area contributed by atoms with Gasteiger partial charge in [0, 0.05) is 44.2 Å². The zero-order valence-corrected chi connectivity index (χ0v) is 19.9. The van der Waals surface area contributed by atoms with Gasteiger partial charge in [-0.25, -0.2) is 9.37 Å². The van der Waals surface area contributed by atoms with E-state index in [0.29, 0.717) is 25.3 Å². The fourth-order valence-corrected chi connectivity index (χ4v) is 4.77. The average molecular weight is 507 g/mol. The van der Waals surface area contributed by atoms with Gasteiger partial charge in [-0.1, -0.05) is 37.5 Å². The largest absolute Gasteiger partial charge is 0.433 e. The Morgan fingerprint density at radius 3 is 2.42 bits per heavy atom. The van der Waals surface area contributed by atoms with Crippen molar-refractivity contribution in [2.75, 3.05) is 18.4 Å². The second-order valence-corrected chi connectivity index (χ2v) is 9.61. The van der Waals surface area contributed by atoms with Crippen LogP contribution < -0.4 is 10.6 Å². The van der Waals surface area contributed by atoms with Crippen LogP contribution in [0.5, 0.6) is 0 Å². The van der Waals surface area contributed by atoms with E-state index < -0.39 is 29.4 Å². The summed E-state index contributed by atoms with van der Waals surface area (Å²) in [6.45, 7) is 1.32. The molecule has 0 atom stereocenters. The zero-order valence-electron chi connectivity index (χ0n) is 19.9. The standard InChI is InChI=1S/C26H30F4N4O2/c27-25(24(36)32-19-7-2-1-3-8-19)12-14-34(15-13-25)17-18-6-4-9-20(16-18)31-23(35)21-10-5-11-22(33-21)26(28,29)30/h4-6,9-11,16,19H,1-3,7-8,12-15,17H2,(H,31,35)(H,32,36). The summed E-state index contributed by atoms with van der Waals surface area (Å²) in [5.74, 6) is -1.25. The van der Waals surface area contributed by atoms with Crippen molar-refractivity contribution in [3.05, 3.63) is 59.4 Å². The number of piperidine rings is 1. The van der Waals surface area contributed by atoms with Crippen molar-refractivity contribution in [3.63, 3.8) is 0 Å². The van der Waals surface area contributed by atoms with Crippen molar-refractivity contribution < 1.29 is 27.2 Å². The molecule has 2 heterocycles. The molecule has 1 saturated heterocycles. The van der Waals surface area contributed by atoms with E-state index >= 15 is 4.39 Å². The molecule has 1 aromatic heterocycles. The van der Waals surface area contributed by atoms with Crippen LogP contribution in [0, 0.1) is 0 Å². The SMILES string of the molecule is O=C(Nc1cccc(CN2CCC(F)(C(=O)NC3CCCCC3)CC2)c1)c1cccc(C(F)(F)F)n1. The van der Waals surface area contributed by atoms with Gasteiger partial charge in [0.2, 0.25) is 0 Å². The summed E-state index contributed by atoms with van der Waals surface area (Å²) in [5, 5.41) is 5.49. The fraction of sp³-hybridized carbons (Fsp3) is 0.500. The number of pyridine rings is 1. The third kappa shape index (κ3) is 6.60. The monoisotopic (exact) mass is 506 g/mol. The number of halogens is 4.